The van der Waals surface area contributed by atoms with Crippen molar-refractivity contribution in [1.82, 2.24) is 0 Å². The summed E-state index contributed by atoms with van der Waals surface area (Å²) >= 11 is 0. The van der Waals surface area contributed by atoms with Gasteiger partial charge in [-0.1, -0.05) is 30.3 Å². The number of hydrogen-bond acceptors (Lipinski definition) is 1. The molecule has 2 heteroatoms. The quantitative estimate of drug-likeness (QED) is 0.679. The van der Waals surface area contributed by atoms with Crippen LogP contribution in [0.25, 0.3) is 0 Å². The molecule has 1 fully saturated rings. The third kappa shape index (κ3) is 2.56. The molecule has 1 aromatic rings. The highest BCUT2D eigenvalue weighted by Gasteiger charge is 2.41. The lowest BCUT2D eigenvalue weighted by Crippen LogP contribution is -2.20. The zero-order valence-corrected chi connectivity index (χ0v) is 9.92. The van der Waals surface area contributed by atoms with Gasteiger partial charge in [0.2, 0.25) is 0 Å². The molecule has 1 saturated heterocycles. The lowest BCUT2D eigenvalue weighted by Gasteiger charge is -2.19. The van der Waals surface area contributed by atoms with E-state index in [1.165, 1.54) is 11.5 Å². The molecule has 0 radical (unpaired) electrons. The second kappa shape index (κ2) is 3.64. The number of rotatable bonds is 2. The van der Waals surface area contributed by atoms with E-state index < -0.39 is 0 Å². The van der Waals surface area contributed by atoms with E-state index in [0.29, 0.717) is 5.85 Å². The van der Waals surface area contributed by atoms with E-state index in [4.69, 9.17) is 4.74 Å². The summed E-state index contributed by atoms with van der Waals surface area (Å²) in [5.41, 5.74) is 0.0104. The van der Waals surface area contributed by atoms with Crippen molar-refractivity contribution in [2.45, 2.75) is 32.2 Å². The van der Waals surface area contributed by atoms with E-state index in [-0.39, 0.29) is 13.5 Å². The Kier molecular flexibility index (Phi) is 2.64. The van der Waals surface area contributed by atoms with Gasteiger partial charge in [-0.25, -0.2) is 0 Å². The fourth-order valence-corrected chi connectivity index (χ4v) is 3.62. The van der Waals surface area contributed by atoms with Crippen molar-refractivity contribution in [1.29, 1.82) is 0 Å². The molecule has 1 heterocycles. The Labute approximate surface area is 87.2 Å². The van der Waals surface area contributed by atoms with Gasteiger partial charge < -0.3 is 4.74 Å². The second-order valence-corrected chi connectivity index (χ2v) is 7.07. The minimum atomic E-state index is 0.00444. The summed E-state index contributed by atoms with van der Waals surface area (Å²) in [6.07, 6.45) is 1.25. The average molecular weight is 208 g/mol. The molecule has 0 amide bonds. The maximum atomic E-state index is 5.94. The van der Waals surface area contributed by atoms with Crippen LogP contribution in [0.1, 0.15) is 20.8 Å². The van der Waals surface area contributed by atoms with Gasteiger partial charge in [-0.15, -0.1) is 0 Å². The van der Waals surface area contributed by atoms with E-state index in [1.54, 1.807) is 0 Å². The maximum absolute atomic E-state index is 5.94. The topological polar surface area (TPSA) is 9.23 Å². The molecule has 0 saturated carbocycles. The van der Waals surface area contributed by atoms with Gasteiger partial charge >= 0.3 is 0 Å². The molecule has 1 aromatic carbocycles. The molecule has 2 unspecified atom stereocenters. The van der Waals surface area contributed by atoms with Crippen LogP contribution in [-0.4, -0.2) is 17.6 Å². The molecule has 76 valence electrons. The van der Waals surface area contributed by atoms with Gasteiger partial charge in [-0.3, -0.25) is 0 Å². The molecule has 0 aromatic heterocycles. The Morgan fingerprint density at radius 1 is 1.21 bits per heavy atom. The standard InChI is InChI=1S/C12H17OP/c1-12(2,3)13-11-9-14(11)10-7-5-4-6-8-10/h4-8,11H,9H2,1-3H3. The molecule has 0 N–H and O–H groups in total. The molecule has 1 aliphatic rings. The van der Waals surface area contributed by atoms with Crippen molar-refractivity contribution in [3.05, 3.63) is 30.3 Å². The van der Waals surface area contributed by atoms with E-state index in [9.17, 15) is 0 Å². The van der Waals surface area contributed by atoms with Crippen molar-refractivity contribution in [2.75, 3.05) is 6.16 Å². The Morgan fingerprint density at radius 2 is 1.86 bits per heavy atom. The highest BCUT2D eigenvalue weighted by Crippen LogP contribution is 2.59. The van der Waals surface area contributed by atoms with Gasteiger partial charge in [0, 0.05) is 6.16 Å². The van der Waals surface area contributed by atoms with Crippen LogP contribution in [0.5, 0.6) is 0 Å². The summed E-state index contributed by atoms with van der Waals surface area (Å²) in [7, 11) is 0.00444. The summed E-state index contributed by atoms with van der Waals surface area (Å²) in [6, 6.07) is 10.7. The lowest BCUT2D eigenvalue weighted by molar-refractivity contribution is 0.000287. The first-order valence-corrected chi connectivity index (χ1v) is 6.65. The van der Waals surface area contributed by atoms with Crippen molar-refractivity contribution in [3.8, 4) is 0 Å². The third-order valence-corrected chi connectivity index (χ3v) is 4.35. The van der Waals surface area contributed by atoms with Crippen LogP contribution in [0.15, 0.2) is 30.3 Å². The Balaban J connectivity index is 1.94. The minimum Gasteiger partial charge on any atom is -0.367 e. The fraction of sp³-hybridized carbons (Fsp3) is 0.500. The van der Waals surface area contributed by atoms with Crippen LogP contribution in [0.2, 0.25) is 0 Å². The molecule has 0 bridgehead atoms. The van der Waals surface area contributed by atoms with Crippen molar-refractivity contribution >= 4 is 13.2 Å². The molecule has 2 rings (SSSR count). The van der Waals surface area contributed by atoms with Gasteiger partial charge in [0.15, 0.2) is 0 Å². The summed E-state index contributed by atoms with van der Waals surface area (Å²) in [4.78, 5) is 0. The fourth-order valence-electron chi connectivity index (χ4n) is 1.52. The molecule has 0 aliphatic carbocycles. The first-order chi connectivity index (χ1) is 6.56. The van der Waals surface area contributed by atoms with Gasteiger partial charge in [0.1, 0.15) is 0 Å². The van der Waals surface area contributed by atoms with Crippen LogP contribution in [0.4, 0.5) is 0 Å². The number of ether oxygens (including phenoxy) is 1. The first kappa shape index (κ1) is 10.1. The molecule has 1 nitrogen and oxygen atoms in total. The van der Waals surface area contributed by atoms with Crippen molar-refractivity contribution < 1.29 is 4.74 Å². The van der Waals surface area contributed by atoms with Crippen LogP contribution in [-0.2, 0) is 4.74 Å². The highest BCUT2D eigenvalue weighted by atomic mass is 31.1. The molecular weight excluding hydrogens is 191 g/mol. The molecular formula is C12H17OP. The van der Waals surface area contributed by atoms with Crippen LogP contribution < -0.4 is 5.30 Å². The van der Waals surface area contributed by atoms with E-state index in [1.807, 2.05) is 0 Å². The average Bonchev–Trinajstić information content (AvgIpc) is 2.82. The van der Waals surface area contributed by atoms with Gasteiger partial charge in [0.25, 0.3) is 0 Å². The molecule has 0 spiro atoms. The summed E-state index contributed by atoms with van der Waals surface area (Å²) < 4.78 is 5.94. The lowest BCUT2D eigenvalue weighted by atomic mass is 10.2. The van der Waals surface area contributed by atoms with E-state index in [0.717, 1.165) is 0 Å². The Hall–Kier alpha value is -0.390. The van der Waals surface area contributed by atoms with Crippen molar-refractivity contribution in [2.24, 2.45) is 0 Å². The van der Waals surface area contributed by atoms with Crippen LogP contribution in [0.3, 0.4) is 0 Å². The summed E-state index contributed by atoms with van der Waals surface area (Å²) in [5.74, 6) is 0.507. The SMILES string of the molecule is CC(C)(C)OC1CP1c1ccccc1. The van der Waals surface area contributed by atoms with Crippen molar-refractivity contribution in [3.63, 3.8) is 0 Å². The largest absolute Gasteiger partial charge is 0.367 e. The molecule has 1 aliphatic heterocycles. The Bertz CT molecular complexity index is 302. The Morgan fingerprint density at radius 3 is 2.43 bits per heavy atom. The predicted octanol–water partition coefficient (Wildman–Crippen LogP) is 2.95. The summed E-state index contributed by atoms with van der Waals surface area (Å²) in [6.45, 7) is 6.39. The maximum Gasteiger partial charge on any atom is 0.0857 e. The zero-order chi connectivity index (χ0) is 10.2. The third-order valence-electron chi connectivity index (χ3n) is 2.14. The van der Waals surface area contributed by atoms with Gasteiger partial charge in [-0.2, -0.15) is 0 Å². The second-order valence-electron chi connectivity index (χ2n) is 4.67. The molecule has 2 atom stereocenters. The highest BCUT2D eigenvalue weighted by molar-refractivity contribution is 7.73. The number of benzene rings is 1. The zero-order valence-electron chi connectivity index (χ0n) is 9.03. The van der Waals surface area contributed by atoms with E-state index in [2.05, 4.69) is 51.1 Å². The smallest absolute Gasteiger partial charge is 0.0857 e. The van der Waals surface area contributed by atoms with Crippen LogP contribution in [0, 0.1) is 0 Å². The first-order valence-electron chi connectivity index (χ1n) is 5.06. The normalized spacial score (nSPS) is 26.2. The van der Waals surface area contributed by atoms with E-state index >= 15 is 0 Å². The summed E-state index contributed by atoms with van der Waals surface area (Å²) in [5, 5.41) is 1.48. The van der Waals surface area contributed by atoms with Crippen LogP contribution >= 0.6 is 7.92 Å². The van der Waals surface area contributed by atoms with Gasteiger partial charge in [0.05, 0.1) is 11.4 Å². The monoisotopic (exact) mass is 208 g/mol. The number of hydrogen-bond donors (Lipinski definition) is 0. The van der Waals surface area contributed by atoms with Gasteiger partial charge in [-0.05, 0) is 34.0 Å². The molecule has 14 heavy (non-hydrogen) atoms. The predicted molar refractivity (Wildman–Crippen MR) is 62.5 cm³/mol. The minimum absolute atomic E-state index is 0.00444.